The molecule has 0 rings (SSSR count). The van der Waals surface area contributed by atoms with E-state index in [0.29, 0.717) is 0 Å². The number of rotatable bonds is 5. The monoisotopic (exact) mass is 218 g/mol. The quantitative estimate of drug-likeness (QED) is 0.496. The van der Waals surface area contributed by atoms with Gasteiger partial charge < -0.3 is 17.7 Å². The Balaban J connectivity index is 4.66. The average Bonchev–Trinajstić information content (AvgIpc) is 2.15. The van der Waals surface area contributed by atoms with Gasteiger partial charge in [0.05, 0.1) is 0 Å². The zero-order valence-corrected chi connectivity index (χ0v) is 9.39. The third-order valence-electron chi connectivity index (χ3n) is 1.41. The summed E-state index contributed by atoms with van der Waals surface area (Å²) in [5.74, 6) is 0. The van der Waals surface area contributed by atoms with Crippen molar-refractivity contribution in [3.05, 3.63) is 0 Å². The zero-order chi connectivity index (χ0) is 9.83. The first-order valence-electron chi connectivity index (χ1n) is 3.08. The molecule has 0 aliphatic heterocycles. The number of halogens is 2. The summed E-state index contributed by atoms with van der Waals surface area (Å²) in [4.78, 5) is 0. The van der Waals surface area contributed by atoms with Crippen molar-refractivity contribution in [2.24, 2.45) is 0 Å². The predicted molar refractivity (Wildman–Crippen MR) is 41.8 cm³/mol. The van der Waals surface area contributed by atoms with Gasteiger partial charge in [-0.25, -0.2) is 8.22 Å². The van der Waals surface area contributed by atoms with Gasteiger partial charge in [0.15, 0.2) is 0 Å². The van der Waals surface area contributed by atoms with Crippen LogP contribution in [0.5, 0.6) is 0 Å². The second-order valence-corrected chi connectivity index (χ2v) is 9.25. The van der Waals surface area contributed by atoms with Crippen molar-refractivity contribution >= 4 is 16.8 Å². The van der Waals surface area contributed by atoms with Gasteiger partial charge in [0, 0.05) is 28.4 Å². The summed E-state index contributed by atoms with van der Waals surface area (Å²) in [5.41, 5.74) is 0. The molecule has 0 amide bonds. The molecule has 0 fully saturated rings. The molecule has 8 heteroatoms. The highest BCUT2D eigenvalue weighted by atomic mass is 29.3. The van der Waals surface area contributed by atoms with Gasteiger partial charge in [-0.05, 0) is 0 Å². The normalized spacial score (nSPS) is 13.5. The lowest BCUT2D eigenvalue weighted by atomic mass is 11.8. The van der Waals surface area contributed by atoms with E-state index < -0.39 is 16.8 Å². The van der Waals surface area contributed by atoms with E-state index in [1.54, 1.807) is 0 Å². The molecule has 0 atom stereocenters. The molecule has 4 nitrogen and oxygen atoms in total. The molecule has 0 aromatic carbocycles. The first-order chi connectivity index (χ1) is 5.49. The van der Waals surface area contributed by atoms with Gasteiger partial charge in [-0.3, -0.25) is 0 Å². The van der Waals surface area contributed by atoms with Gasteiger partial charge in [0.2, 0.25) is 0 Å². The number of hydrogen-bond acceptors (Lipinski definition) is 4. The van der Waals surface area contributed by atoms with E-state index >= 15 is 0 Å². The van der Waals surface area contributed by atoms with Crippen molar-refractivity contribution in [1.29, 1.82) is 0 Å². The van der Waals surface area contributed by atoms with Crippen LogP contribution < -0.4 is 0 Å². The fourth-order valence-corrected chi connectivity index (χ4v) is 4.89. The zero-order valence-electron chi connectivity index (χ0n) is 7.39. The maximum Gasteiger partial charge on any atom is 0.619 e. The molecule has 0 aromatic heterocycles. The van der Waals surface area contributed by atoms with Crippen molar-refractivity contribution in [3.8, 4) is 0 Å². The van der Waals surface area contributed by atoms with Crippen LogP contribution in [0.15, 0.2) is 0 Å². The van der Waals surface area contributed by atoms with Gasteiger partial charge in [-0.2, -0.15) is 0 Å². The summed E-state index contributed by atoms with van der Waals surface area (Å²) >= 11 is 0. The van der Waals surface area contributed by atoms with Crippen LogP contribution in [0.3, 0.4) is 0 Å². The first-order valence-corrected chi connectivity index (χ1v) is 7.47. The van der Waals surface area contributed by atoms with E-state index in [9.17, 15) is 8.22 Å². The fraction of sp³-hybridized carbons (Fsp3) is 1.00. The Morgan fingerprint density at radius 1 is 0.667 bits per heavy atom. The lowest BCUT2D eigenvalue weighted by molar-refractivity contribution is 0.143. The minimum absolute atomic E-state index is 1.02. The Morgan fingerprint density at radius 3 is 0.917 bits per heavy atom. The molecular weight excluding hydrogens is 206 g/mol. The Hall–Kier alpha value is 0.134. The van der Waals surface area contributed by atoms with Crippen LogP contribution in [0.4, 0.5) is 8.22 Å². The van der Waals surface area contributed by atoms with Crippen LogP contribution >= 0.6 is 0 Å². The first kappa shape index (κ1) is 12.1. The second-order valence-electron chi connectivity index (χ2n) is 1.89. The minimum atomic E-state index is -4.42. The minimum Gasteiger partial charge on any atom is -0.372 e. The van der Waals surface area contributed by atoms with Crippen LogP contribution in [-0.2, 0) is 17.7 Å². The van der Waals surface area contributed by atoms with Crippen molar-refractivity contribution in [1.82, 2.24) is 0 Å². The molecule has 0 unspecified atom stereocenters. The topological polar surface area (TPSA) is 36.9 Å². The van der Waals surface area contributed by atoms with Crippen LogP contribution in [0.2, 0.25) is 0 Å². The Labute approximate surface area is 72.0 Å². The van der Waals surface area contributed by atoms with Crippen LogP contribution in [0.1, 0.15) is 0 Å². The van der Waals surface area contributed by atoms with E-state index in [1.165, 1.54) is 0 Å². The lowest BCUT2D eigenvalue weighted by Gasteiger charge is -2.26. The SMILES string of the molecule is CO[Si](F)(OC)[Si](F)(OC)OC. The second kappa shape index (κ2) is 4.39. The summed E-state index contributed by atoms with van der Waals surface area (Å²) < 4.78 is 44.1. The molecule has 0 saturated heterocycles. The lowest BCUT2D eigenvalue weighted by Crippen LogP contribution is -2.63. The van der Waals surface area contributed by atoms with Crippen LogP contribution in [-0.4, -0.2) is 45.3 Å². The molecular formula is C4H12F2O4Si2. The molecule has 0 aromatic rings. The van der Waals surface area contributed by atoms with Gasteiger partial charge >= 0.3 is 16.8 Å². The summed E-state index contributed by atoms with van der Waals surface area (Å²) in [5, 5.41) is 0. The Morgan fingerprint density at radius 2 is 0.833 bits per heavy atom. The van der Waals surface area contributed by atoms with Crippen LogP contribution in [0, 0.1) is 0 Å². The molecule has 0 heterocycles. The standard InChI is InChI=1S/C4H12F2O4Si2/c1-7-11(5,8-2)12(6,9-3)10-4/h1-4H3. The molecule has 0 aliphatic rings. The molecule has 0 spiro atoms. The van der Waals surface area contributed by atoms with Crippen LogP contribution in [0.25, 0.3) is 0 Å². The predicted octanol–water partition coefficient (Wildman–Crippen LogP) is 0.467. The van der Waals surface area contributed by atoms with E-state index in [-0.39, 0.29) is 0 Å². The largest absolute Gasteiger partial charge is 0.619 e. The third-order valence-corrected chi connectivity index (χ3v) is 8.81. The molecule has 0 radical (unpaired) electrons. The third kappa shape index (κ3) is 1.89. The van der Waals surface area contributed by atoms with Crippen molar-refractivity contribution in [2.45, 2.75) is 0 Å². The maximum absolute atomic E-state index is 13.4. The Bertz CT molecular complexity index is 123. The van der Waals surface area contributed by atoms with Gasteiger partial charge in [-0.15, -0.1) is 0 Å². The van der Waals surface area contributed by atoms with Gasteiger partial charge in [0.1, 0.15) is 0 Å². The van der Waals surface area contributed by atoms with Gasteiger partial charge in [-0.1, -0.05) is 0 Å². The highest BCUT2D eigenvalue weighted by molar-refractivity contribution is 7.25. The average molecular weight is 218 g/mol. The molecule has 0 N–H and O–H groups in total. The Kier molecular flexibility index (Phi) is 4.44. The summed E-state index contributed by atoms with van der Waals surface area (Å²) in [6, 6.07) is 0. The van der Waals surface area contributed by atoms with E-state index in [2.05, 4.69) is 17.7 Å². The van der Waals surface area contributed by atoms with Crippen molar-refractivity contribution in [2.75, 3.05) is 28.4 Å². The summed E-state index contributed by atoms with van der Waals surface area (Å²) in [6.45, 7) is 0. The molecule has 74 valence electrons. The fourth-order valence-electron chi connectivity index (χ4n) is 0.654. The van der Waals surface area contributed by atoms with E-state index in [4.69, 9.17) is 0 Å². The van der Waals surface area contributed by atoms with Crippen molar-refractivity contribution < 1.29 is 25.9 Å². The molecule has 0 bridgehead atoms. The molecule has 12 heavy (non-hydrogen) atoms. The van der Waals surface area contributed by atoms with Gasteiger partial charge in [0.25, 0.3) is 0 Å². The number of hydrogen-bond donors (Lipinski definition) is 0. The van der Waals surface area contributed by atoms with Crippen molar-refractivity contribution in [3.63, 3.8) is 0 Å². The molecule has 0 aliphatic carbocycles. The van der Waals surface area contributed by atoms with E-state index in [1.807, 2.05) is 0 Å². The molecule has 0 saturated carbocycles. The summed E-state index contributed by atoms with van der Waals surface area (Å²) in [7, 11) is -4.75. The summed E-state index contributed by atoms with van der Waals surface area (Å²) in [6.07, 6.45) is 0. The smallest absolute Gasteiger partial charge is 0.372 e. The highest BCUT2D eigenvalue weighted by Crippen LogP contribution is 2.24. The highest BCUT2D eigenvalue weighted by Gasteiger charge is 2.70. The van der Waals surface area contributed by atoms with E-state index in [0.717, 1.165) is 28.4 Å². The maximum atomic E-state index is 13.4.